The average molecular weight is 485 g/mol. The topological polar surface area (TPSA) is 102 Å². The number of alkyl halides is 2. The molecule has 1 atom stereocenters. The maximum Gasteiger partial charge on any atom is 0.387 e. The molecular weight excluding hydrogens is 463 g/mol. The van der Waals surface area contributed by atoms with Crippen LogP contribution >= 0.6 is 0 Å². The lowest BCUT2D eigenvalue weighted by Gasteiger charge is -2.30. The molecule has 1 amide bonds. The maximum atomic E-state index is 14.3. The number of rotatable bonds is 7. The summed E-state index contributed by atoms with van der Waals surface area (Å²) in [5.74, 6) is -2.32. The molecule has 0 bridgehead atoms. The van der Waals surface area contributed by atoms with Gasteiger partial charge in [0.15, 0.2) is 17.2 Å². The fourth-order valence-corrected chi connectivity index (χ4v) is 3.57. The molecule has 35 heavy (non-hydrogen) atoms. The molecule has 4 aromatic rings. The molecule has 182 valence electrons. The quantitative estimate of drug-likeness (QED) is 0.409. The number of aromatic nitrogens is 4. The second-order valence-electron chi connectivity index (χ2n) is 8.46. The first-order valence-corrected chi connectivity index (χ1v) is 10.6. The number of aliphatic hydroxyl groups is 1. The van der Waals surface area contributed by atoms with Gasteiger partial charge in [-0.2, -0.15) is 13.9 Å². The van der Waals surface area contributed by atoms with E-state index in [1.807, 2.05) is 19.1 Å². The molecule has 0 aliphatic rings. The molecule has 1 aromatic carbocycles. The van der Waals surface area contributed by atoms with Crippen LogP contribution in [0.3, 0.4) is 0 Å². The molecule has 3 heterocycles. The van der Waals surface area contributed by atoms with Crippen LogP contribution in [0.2, 0.25) is 0 Å². The largest absolute Gasteiger partial charge is 0.432 e. The van der Waals surface area contributed by atoms with E-state index in [9.17, 15) is 23.1 Å². The van der Waals surface area contributed by atoms with Gasteiger partial charge >= 0.3 is 6.61 Å². The molecule has 4 rings (SSSR count). The lowest BCUT2D eigenvalue weighted by atomic mass is 9.91. The van der Waals surface area contributed by atoms with Gasteiger partial charge in [0.25, 0.3) is 5.91 Å². The van der Waals surface area contributed by atoms with Crippen molar-refractivity contribution in [2.75, 3.05) is 0 Å². The van der Waals surface area contributed by atoms with Gasteiger partial charge in [-0.05, 0) is 56.7 Å². The molecule has 11 heteroatoms. The normalized spacial score (nSPS) is 12.7. The van der Waals surface area contributed by atoms with Crippen LogP contribution in [0.25, 0.3) is 16.9 Å². The summed E-state index contributed by atoms with van der Waals surface area (Å²) in [5, 5.41) is 17.5. The highest BCUT2D eigenvalue weighted by molar-refractivity contribution is 6.00. The first-order valence-electron chi connectivity index (χ1n) is 10.6. The third-order valence-electron chi connectivity index (χ3n) is 5.31. The van der Waals surface area contributed by atoms with Gasteiger partial charge in [-0.25, -0.2) is 13.9 Å². The van der Waals surface area contributed by atoms with Crippen molar-refractivity contribution in [1.82, 2.24) is 24.9 Å². The first kappa shape index (κ1) is 24.1. The van der Waals surface area contributed by atoms with Crippen molar-refractivity contribution in [3.63, 3.8) is 0 Å². The predicted octanol–water partition coefficient (Wildman–Crippen LogP) is 4.08. The van der Waals surface area contributed by atoms with E-state index in [1.54, 1.807) is 18.5 Å². The van der Waals surface area contributed by atoms with Crippen molar-refractivity contribution in [3.8, 4) is 17.0 Å². The van der Waals surface area contributed by atoms with E-state index >= 15 is 0 Å². The molecule has 0 fully saturated rings. The second-order valence-corrected chi connectivity index (χ2v) is 8.46. The lowest BCUT2D eigenvalue weighted by Crippen LogP contribution is -2.42. The number of carbonyl (C=O) groups is 1. The van der Waals surface area contributed by atoms with Gasteiger partial charge in [-0.3, -0.25) is 9.78 Å². The summed E-state index contributed by atoms with van der Waals surface area (Å²) < 4.78 is 44.8. The second kappa shape index (κ2) is 9.34. The molecule has 0 aliphatic heterocycles. The van der Waals surface area contributed by atoms with E-state index in [0.29, 0.717) is 5.69 Å². The van der Waals surface area contributed by atoms with Crippen LogP contribution in [0.1, 0.15) is 41.5 Å². The number of aryl methyl sites for hydroxylation is 1. The van der Waals surface area contributed by atoms with E-state index < -0.39 is 35.7 Å². The number of nitrogens with zero attached hydrogens (tertiary/aromatic N) is 4. The number of pyridine rings is 1. The minimum absolute atomic E-state index is 0.124. The highest BCUT2D eigenvalue weighted by atomic mass is 19.3. The Morgan fingerprint density at radius 2 is 1.94 bits per heavy atom. The number of hydrogen-bond donors (Lipinski definition) is 2. The molecule has 0 saturated carbocycles. The van der Waals surface area contributed by atoms with Gasteiger partial charge in [0.1, 0.15) is 5.56 Å². The molecule has 8 nitrogen and oxygen atoms in total. The molecule has 2 N–H and O–H groups in total. The van der Waals surface area contributed by atoms with Crippen LogP contribution < -0.4 is 10.1 Å². The zero-order valence-electron chi connectivity index (χ0n) is 19.0. The van der Waals surface area contributed by atoms with Crippen LogP contribution in [0.15, 0.2) is 55.0 Å². The smallest absolute Gasteiger partial charge is 0.387 e. The van der Waals surface area contributed by atoms with Crippen LogP contribution in [-0.4, -0.2) is 42.8 Å². The number of amides is 1. The highest BCUT2D eigenvalue weighted by Gasteiger charge is 2.32. The summed E-state index contributed by atoms with van der Waals surface area (Å²) >= 11 is 0. The zero-order chi connectivity index (χ0) is 25.3. The van der Waals surface area contributed by atoms with Crippen LogP contribution in [0.5, 0.6) is 5.75 Å². The Bertz CT molecular complexity index is 1370. The van der Waals surface area contributed by atoms with Crippen LogP contribution in [0, 0.1) is 12.7 Å². The van der Waals surface area contributed by atoms with Gasteiger partial charge in [-0.1, -0.05) is 6.07 Å². The van der Waals surface area contributed by atoms with Gasteiger partial charge < -0.3 is 15.2 Å². The van der Waals surface area contributed by atoms with Crippen molar-refractivity contribution < 1.29 is 27.8 Å². The monoisotopic (exact) mass is 485 g/mol. The number of halogens is 3. The lowest BCUT2D eigenvalue weighted by molar-refractivity contribution is -0.0522. The molecule has 0 radical (unpaired) electrons. The standard InChI is InChI=1S/C24H22F3N5O3/c1-13-4-5-15(11-28-13)18-8-9-32-21(30-18)16(12-29-32)22(33)31-20(24(2,3)34)14-6-7-19(17(25)10-14)35-23(26)27/h4-12,20,23,34H,1-3H3,(H,31,33). The minimum atomic E-state index is -3.19. The van der Waals surface area contributed by atoms with Crippen molar-refractivity contribution in [3.05, 3.63) is 77.6 Å². The minimum Gasteiger partial charge on any atom is -0.432 e. The van der Waals surface area contributed by atoms with Crippen molar-refractivity contribution in [1.29, 1.82) is 0 Å². The Hall–Kier alpha value is -3.99. The number of nitrogens with one attached hydrogen (secondary N) is 1. The Morgan fingerprint density at radius 1 is 1.17 bits per heavy atom. The number of fused-ring (bicyclic) bond motifs is 1. The summed E-state index contributed by atoms with van der Waals surface area (Å²) in [7, 11) is 0. The summed E-state index contributed by atoms with van der Waals surface area (Å²) in [5.41, 5.74) is 1.18. The van der Waals surface area contributed by atoms with Crippen molar-refractivity contribution in [2.45, 2.75) is 39.0 Å². The number of benzene rings is 1. The van der Waals surface area contributed by atoms with Crippen LogP contribution in [0.4, 0.5) is 13.2 Å². The summed E-state index contributed by atoms with van der Waals surface area (Å²) in [6, 6.07) is 7.58. The molecule has 0 spiro atoms. The third-order valence-corrected chi connectivity index (χ3v) is 5.31. The Balaban J connectivity index is 1.66. The van der Waals surface area contributed by atoms with E-state index in [-0.39, 0.29) is 16.8 Å². The number of hydrogen-bond acceptors (Lipinski definition) is 6. The van der Waals surface area contributed by atoms with Crippen molar-refractivity contribution in [2.24, 2.45) is 0 Å². The summed E-state index contributed by atoms with van der Waals surface area (Å²) in [6.45, 7) is 1.53. The first-order chi connectivity index (χ1) is 16.5. The van der Waals surface area contributed by atoms with Gasteiger partial charge in [-0.15, -0.1) is 0 Å². The maximum absolute atomic E-state index is 14.3. The molecule has 3 aromatic heterocycles. The molecular formula is C24H22F3N5O3. The zero-order valence-corrected chi connectivity index (χ0v) is 19.0. The molecule has 0 saturated heterocycles. The van der Waals surface area contributed by atoms with Gasteiger partial charge in [0.2, 0.25) is 0 Å². The molecule has 1 unspecified atom stereocenters. The SMILES string of the molecule is Cc1ccc(-c2ccn3ncc(C(=O)NC(c4ccc(OC(F)F)c(F)c4)C(C)(C)O)c3n2)cn1. The number of ether oxygens (including phenoxy) is 1. The third kappa shape index (κ3) is 5.24. The van der Waals surface area contributed by atoms with E-state index in [4.69, 9.17) is 0 Å². The van der Waals surface area contributed by atoms with Crippen LogP contribution in [-0.2, 0) is 0 Å². The number of carbonyl (C=O) groups excluding carboxylic acids is 1. The van der Waals surface area contributed by atoms with Gasteiger partial charge in [0.05, 0.1) is 23.5 Å². The Morgan fingerprint density at radius 3 is 2.57 bits per heavy atom. The summed E-state index contributed by atoms with van der Waals surface area (Å²) in [4.78, 5) is 22.0. The predicted molar refractivity (Wildman–Crippen MR) is 120 cm³/mol. The van der Waals surface area contributed by atoms with E-state index in [0.717, 1.165) is 23.4 Å². The van der Waals surface area contributed by atoms with Crippen molar-refractivity contribution >= 4 is 11.6 Å². The van der Waals surface area contributed by atoms with Gasteiger partial charge in [0, 0.05) is 23.7 Å². The van der Waals surface area contributed by atoms with E-state index in [1.165, 1.54) is 30.6 Å². The fourth-order valence-electron chi connectivity index (χ4n) is 3.57. The summed E-state index contributed by atoms with van der Waals surface area (Å²) in [6.07, 6.45) is 4.65. The Labute approximate surface area is 198 Å². The Kier molecular flexibility index (Phi) is 6.44. The fraction of sp³-hybridized carbons (Fsp3) is 0.250. The molecule has 0 aliphatic carbocycles. The average Bonchev–Trinajstić information content (AvgIpc) is 3.21. The highest BCUT2D eigenvalue weighted by Crippen LogP contribution is 2.30. The van der Waals surface area contributed by atoms with E-state index in [2.05, 4.69) is 25.1 Å².